The van der Waals surface area contributed by atoms with E-state index in [9.17, 15) is 14.5 Å². The molecule has 0 aromatic heterocycles. The second-order valence-corrected chi connectivity index (χ2v) is 4.05. The van der Waals surface area contributed by atoms with Crippen LogP contribution in [0.25, 0.3) is 0 Å². The Morgan fingerprint density at radius 2 is 2.05 bits per heavy atom. The summed E-state index contributed by atoms with van der Waals surface area (Å²) < 4.78 is 13.7. The minimum Gasteiger partial charge on any atom is -0.375 e. The van der Waals surface area contributed by atoms with Crippen molar-refractivity contribution in [3.05, 3.63) is 69.5 Å². The second kappa shape index (κ2) is 5.80. The highest BCUT2D eigenvalue weighted by Gasteiger charge is 2.12. The van der Waals surface area contributed by atoms with E-state index in [0.29, 0.717) is 11.3 Å². The van der Waals surface area contributed by atoms with Gasteiger partial charge in [0.2, 0.25) is 0 Å². The van der Waals surface area contributed by atoms with Gasteiger partial charge in [0.05, 0.1) is 16.6 Å². The van der Waals surface area contributed by atoms with E-state index < -0.39 is 10.7 Å². The Bertz CT molecular complexity index is 695. The monoisotopic (exact) mass is 271 g/mol. The molecule has 2 aromatic carbocycles. The van der Waals surface area contributed by atoms with Crippen LogP contribution in [-0.4, -0.2) is 4.92 Å². The quantitative estimate of drug-likeness (QED) is 0.684. The molecule has 0 unspecified atom stereocenters. The number of benzene rings is 2. The van der Waals surface area contributed by atoms with E-state index in [1.165, 1.54) is 18.2 Å². The molecule has 100 valence electrons. The van der Waals surface area contributed by atoms with Crippen molar-refractivity contribution in [2.75, 3.05) is 5.32 Å². The molecule has 0 saturated carbocycles. The van der Waals surface area contributed by atoms with Crippen molar-refractivity contribution in [2.45, 2.75) is 6.54 Å². The molecule has 0 fully saturated rings. The standard InChI is InChI=1S/C14H10FN3O2/c15-12-7-10(8-16)5-6-11(12)9-17-13-3-1-2-4-14(13)18(19)20/h1-7,17H,9H2. The first-order chi connectivity index (χ1) is 9.61. The fourth-order valence-electron chi connectivity index (χ4n) is 1.73. The molecule has 0 radical (unpaired) electrons. The fourth-order valence-corrected chi connectivity index (χ4v) is 1.73. The maximum atomic E-state index is 13.7. The summed E-state index contributed by atoms with van der Waals surface area (Å²) >= 11 is 0. The third-order valence-electron chi connectivity index (χ3n) is 2.75. The zero-order valence-corrected chi connectivity index (χ0v) is 10.3. The van der Waals surface area contributed by atoms with Gasteiger partial charge < -0.3 is 5.32 Å². The lowest BCUT2D eigenvalue weighted by Crippen LogP contribution is -2.04. The lowest BCUT2D eigenvalue weighted by atomic mass is 10.1. The number of nitrogens with zero attached hydrogens (tertiary/aromatic N) is 2. The van der Waals surface area contributed by atoms with Crippen LogP contribution in [0.5, 0.6) is 0 Å². The van der Waals surface area contributed by atoms with E-state index in [-0.39, 0.29) is 17.8 Å². The van der Waals surface area contributed by atoms with Gasteiger partial charge in [-0.05, 0) is 18.2 Å². The first kappa shape index (κ1) is 13.5. The molecule has 0 saturated heterocycles. The van der Waals surface area contributed by atoms with Gasteiger partial charge in [-0.15, -0.1) is 0 Å². The Morgan fingerprint density at radius 1 is 1.30 bits per heavy atom. The summed E-state index contributed by atoms with van der Waals surface area (Å²) in [5.41, 5.74) is 0.821. The summed E-state index contributed by atoms with van der Waals surface area (Å²) in [5, 5.41) is 22.3. The molecule has 0 aliphatic rings. The average molecular weight is 271 g/mol. The maximum absolute atomic E-state index is 13.7. The summed E-state index contributed by atoms with van der Waals surface area (Å²) in [4.78, 5) is 10.3. The summed E-state index contributed by atoms with van der Waals surface area (Å²) in [6.45, 7) is 0.0996. The smallest absolute Gasteiger partial charge is 0.292 e. The molecule has 0 heterocycles. The minimum absolute atomic E-state index is 0.0680. The lowest BCUT2D eigenvalue weighted by Gasteiger charge is -2.08. The van der Waals surface area contributed by atoms with Gasteiger partial charge in [-0.3, -0.25) is 10.1 Å². The van der Waals surface area contributed by atoms with E-state index in [1.807, 2.05) is 6.07 Å². The van der Waals surface area contributed by atoms with Gasteiger partial charge in [-0.25, -0.2) is 4.39 Å². The number of nitriles is 1. The highest BCUT2D eigenvalue weighted by atomic mass is 19.1. The van der Waals surface area contributed by atoms with Gasteiger partial charge in [0, 0.05) is 18.2 Å². The largest absolute Gasteiger partial charge is 0.375 e. The van der Waals surface area contributed by atoms with Gasteiger partial charge in [0.15, 0.2) is 0 Å². The summed E-state index contributed by atoms with van der Waals surface area (Å²) in [6, 6.07) is 12.1. The van der Waals surface area contributed by atoms with Crippen molar-refractivity contribution in [3.63, 3.8) is 0 Å². The molecule has 5 nitrogen and oxygen atoms in total. The summed E-state index contributed by atoms with van der Waals surface area (Å²) in [6.07, 6.45) is 0. The van der Waals surface area contributed by atoms with Crippen molar-refractivity contribution in [2.24, 2.45) is 0 Å². The van der Waals surface area contributed by atoms with Crippen LogP contribution >= 0.6 is 0 Å². The van der Waals surface area contributed by atoms with Crippen LogP contribution in [0, 0.1) is 27.3 Å². The third-order valence-corrected chi connectivity index (χ3v) is 2.75. The number of hydrogen-bond donors (Lipinski definition) is 1. The zero-order valence-electron chi connectivity index (χ0n) is 10.3. The molecular formula is C14H10FN3O2. The van der Waals surface area contributed by atoms with Gasteiger partial charge in [0.1, 0.15) is 11.5 Å². The molecule has 0 atom stereocenters. The number of hydrogen-bond acceptors (Lipinski definition) is 4. The van der Waals surface area contributed by atoms with Crippen molar-refractivity contribution in [1.29, 1.82) is 5.26 Å². The van der Waals surface area contributed by atoms with Crippen LogP contribution in [0.2, 0.25) is 0 Å². The number of anilines is 1. The van der Waals surface area contributed by atoms with Gasteiger partial charge in [0.25, 0.3) is 5.69 Å². The molecule has 6 heteroatoms. The second-order valence-electron chi connectivity index (χ2n) is 4.05. The maximum Gasteiger partial charge on any atom is 0.292 e. The number of nitrogens with one attached hydrogen (secondary N) is 1. The van der Waals surface area contributed by atoms with E-state index in [2.05, 4.69) is 5.32 Å². The molecule has 2 rings (SSSR count). The van der Waals surface area contributed by atoms with Crippen LogP contribution < -0.4 is 5.32 Å². The molecule has 1 N–H and O–H groups in total. The Kier molecular flexibility index (Phi) is 3.91. The number of rotatable bonds is 4. The molecule has 0 aliphatic heterocycles. The molecule has 0 spiro atoms. The van der Waals surface area contributed by atoms with Crippen LogP contribution in [0.15, 0.2) is 42.5 Å². The topological polar surface area (TPSA) is 79.0 Å². The Hall–Kier alpha value is -2.94. The highest BCUT2D eigenvalue weighted by Crippen LogP contribution is 2.24. The van der Waals surface area contributed by atoms with Crippen molar-refractivity contribution in [3.8, 4) is 6.07 Å². The zero-order chi connectivity index (χ0) is 14.5. The third kappa shape index (κ3) is 2.90. The van der Waals surface area contributed by atoms with Crippen LogP contribution in [0.3, 0.4) is 0 Å². The normalized spacial score (nSPS) is 9.80. The van der Waals surface area contributed by atoms with Gasteiger partial charge in [-0.1, -0.05) is 18.2 Å². The number of para-hydroxylation sites is 2. The van der Waals surface area contributed by atoms with Crippen LogP contribution in [0.1, 0.15) is 11.1 Å². The Morgan fingerprint density at radius 3 is 2.70 bits per heavy atom. The predicted molar refractivity (Wildman–Crippen MR) is 71.5 cm³/mol. The Labute approximate surface area is 114 Å². The fraction of sp³-hybridized carbons (Fsp3) is 0.0714. The minimum atomic E-state index is -0.518. The molecule has 20 heavy (non-hydrogen) atoms. The predicted octanol–water partition coefficient (Wildman–Crippen LogP) is 3.22. The Balaban J connectivity index is 2.18. The average Bonchev–Trinajstić information content (AvgIpc) is 2.46. The molecule has 0 aliphatic carbocycles. The van der Waals surface area contributed by atoms with Crippen molar-refractivity contribution >= 4 is 11.4 Å². The van der Waals surface area contributed by atoms with Gasteiger partial charge >= 0.3 is 0 Å². The first-order valence-corrected chi connectivity index (χ1v) is 5.77. The van der Waals surface area contributed by atoms with Crippen LogP contribution in [0.4, 0.5) is 15.8 Å². The highest BCUT2D eigenvalue weighted by molar-refractivity contribution is 5.61. The molecular weight excluding hydrogens is 261 g/mol. The van der Waals surface area contributed by atoms with E-state index in [1.54, 1.807) is 18.2 Å². The van der Waals surface area contributed by atoms with E-state index in [4.69, 9.17) is 5.26 Å². The summed E-state index contributed by atoms with van der Waals surface area (Å²) in [5.74, 6) is -0.518. The van der Waals surface area contributed by atoms with Crippen molar-refractivity contribution < 1.29 is 9.31 Å². The van der Waals surface area contributed by atoms with Crippen molar-refractivity contribution in [1.82, 2.24) is 0 Å². The first-order valence-electron chi connectivity index (χ1n) is 5.77. The SMILES string of the molecule is N#Cc1ccc(CNc2ccccc2[N+](=O)[O-])c(F)c1. The number of nitro benzene ring substituents is 1. The molecule has 0 bridgehead atoms. The van der Waals surface area contributed by atoms with Gasteiger partial charge in [-0.2, -0.15) is 5.26 Å². The van der Waals surface area contributed by atoms with Crippen LogP contribution in [-0.2, 0) is 6.54 Å². The molecule has 0 amide bonds. The summed E-state index contributed by atoms with van der Waals surface area (Å²) in [7, 11) is 0. The molecule has 2 aromatic rings. The van der Waals surface area contributed by atoms with E-state index in [0.717, 1.165) is 6.07 Å². The van der Waals surface area contributed by atoms with E-state index >= 15 is 0 Å². The lowest BCUT2D eigenvalue weighted by molar-refractivity contribution is -0.384. The number of nitro groups is 1. The number of halogens is 1.